The average Bonchev–Trinajstić information content (AvgIpc) is 2.31. The number of aliphatic hydroxyl groups excluding tert-OH is 1. The third kappa shape index (κ3) is 2.27. The summed E-state index contributed by atoms with van der Waals surface area (Å²) in [5, 5.41) is 9.81. The van der Waals surface area contributed by atoms with Crippen LogP contribution in [0, 0.1) is 5.92 Å². The zero-order valence-corrected chi connectivity index (χ0v) is 9.63. The Labute approximate surface area is 96.1 Å². The Morgan fingerprint density at radius 3 is 3.00 bits per heavy atom. The highest BCUT2D eigenvalue weighted by atomic mass is 16.3. The van der Waals surface area contributed by atoms with E-state index in [2.05, 4.69) is 16.8 Å². The lowest BCUT2D eigenvalue weighted by Gasteiger charge is -2.36. The standard InChI is InChI=1S/C12H19N3O/c1-2-9-8-15(6-5-11(9)16)12-4-3-10(13)7-14-12/h3-4,7,9,11,16H,2,5-6,8,13H2,1H3/t9-,11+/m1/s1. The summed E-state index contributed by atoms with van der Waals surface area (Å²) in [7, 11) is 0. The van der Waals surface area contributed by atoms with Gasteiger partial charge in [0.2, 0.25) is 0 Å². The summed E-state index contributed by atoms with van der Waals surface area (Å²) in [5.41, 5.74) is 6.30. The topological polar surface area (TPSA) is 62.4 Å². The molecule has 0 unspecified atom stereocenters. The number of anilines is 2. The van der Waals surface area contributed by atoms with Gasteiger partial charge in [-0.2, -0.15) is 0 Å². The van der Waals surface area contributed by atoms with E-state index in [1.165, 1.54) is 0 Å². The van der Waals surface area contributed by atoms with Crippen LogP contribution in [0.4, 0.5) is 11.5 Å². The van der Waals surface area contributed by atoms with E-state index in [4.69, 9.17) is 5.73 Å². The van der Waals surface area contributed by atoms with Gasteiger partial charge in [-0.05, 0) is 25.0 Å². The molecule has 1 aromatic rings. The van der Waals surface area contributed by atoms with E-state index >= 15 is 0 Å². The molecule has 0 aliphatic carbocycles. The molecule has 1 saturated heterocycles. The number of piperidine rings is 1. The predicted molar refractivity (Wildman–Crippen MR) is 65.3 cm³/mol. The minimum atomic E-state index is -0.157. The van der Waals surface area contributed by atoms with Gasteiger partial charge in [0.25, 0.3) is 0 Å². The molecule has 0 saturated carbocycles. The van der Waals surface area contributed by atoms with Crippen LogP contribution in [-0.2, 0) is 0 Å². The van der Waals surface area contributed by atoms with Crippen LogP contribution in [0.15, 0.2) is 18.3 Å². The first-order chi connectivity index (χ1) is 7.70. The second-order valence-corrected chi connectivity index (χ2v) is 4.42. The van der Waals surface area contributed by atoms with Crippen molar-refractivity contribution in [2.45, 2.75) is 25.9 Å². The van der Waals surface area contributed by atoms with Crippen LogP contribution in [0.1, 0.15) is 19.8 Å². The number of nitrogen functional groups attached to an aromatic ring is 1. The fourth-order valence-corrected chi connectivity index (χ4v) is 2.21. The van der Waals surface area contributed by atoms with Crippen molar-refractivity contribution in [1.29, 1.82) is 0 Å². The second kappa shape index (κ2) is 4.70. The SMILES string of the molecule is CC[C@@H]1CN(c2ccc(N)cn2)CC[C@@H]1O. The molecule has 0 spiro atoms. The van der Waals surface area contributed by atoms with E-state index in [1.54, 1.807) is 6.20 Å². The van der Waals surface area contributed by atoms with E-state index in [9.17, 15) is 5.11 Å². The highest BCUT2D eigenvalue weighted by molar-refractivity contribution is 5.46. The van der Waals surface area contributed by atoms with Gasteiger partial charge in [-0.1, -0.05) is 6.92 Å². The monoisotopic (exact) mass is 221 g/mol. The summed E-state index contributed by atoms with van der Waals surface area (Å²) in [6, 6.07) is 3.81. The van der Waals surface area contributed by atoms with Gasteiger partial charge in [0.15, 0.2) is 0 Å². The third-order valence-electron chi connectivity index (χ3n) is 3.31. The zero-order valence-electron chi connectivity index (χ0n) is 9.63. The van der Waals surface area contributed by atoms with Crippen molar-refractivity contribution < 1.29 is 5.11 Å². The van der Waals surface area contributed by atoms with Crippen LogP contribution in [0.3, 0.4) is 0 Å². The second-order valence-electron chi connectivity index (χ2n) is 4.42. The first-order valence-corrected chi connectivity index (χ1v) is 5.85. The molecule has 0 amide bonds. The molecule has 0 bridgehead atoms. The maximum atomic E-state index is 9.81. The fraction of sp³-hybridized carbons (Fsp3) is 0.583. The van der Waals surface area contributed by atoms with E-state index < -0.39 is 0 Å². The van der Waals surface area contributed by atoms with Gasteiger partial charge in [-0.25, -0.2) is 4.98 Å². The van der Waals surface area contributed by atoms with E-state index in [0.29, 0.717) is 11.6 Å². The summed E-state index contributed by atoms with van der Waals surface area (Å²) >= 11 is 0. The molecule has 2 atom stereocenters. The smallest absolute Gasteiger partial charge is 0.128 e. The molecule has 3 N–H and O–H groups in total. The van der Waals surface area contributed by atoms with E-state index in [-0.39, 0.29) is 6.10 Å². The molecule has 4 heteroatoms. The lowest BCUT2D eigenvalue weighted by atomic mass is 9.92. The fourth-order valence-electron chi connectivity index (χ4n) is 2.21. The van der Waals surface area contributed by atoms with Crippen LogP contribution in [-0.4, -0.2) is 29.3 Å². The van der Waals surface area contributed by atoms with Crippen LogP contribution >= 0.6 is 0 Å². The first kappa shape index (κ1) is 11.2. The highest BCUT2D eigenvalue weighted by Crippen LogP contribution is 2.24. The van der Waals surface area contributed by atoms with Crippen LogP contribution in [0.5, 0.6) is 0 Å². The predicted octanol–water partition coefficient (Wildman–Crippen LogP) is 1.26. The number of pyridine rings is 1. The molecular weight excluding hydrogens is 202 g/mol. The van der Waals surface area contributed by atoms with Gasteiger partial charge in [-0.3, -0.25) is 0 Å². The van der Waals surface area contributed by atoms with Crippen molar-refractivity contribution in [2.24, 2.45) is 5.92 Å². The third-order valence-corrected chi connectivity index (χ3v) is 3.31. The molecular formula is C12H19N3O. The number of aliphatic hydroxyl groups is 1. The number of nitrogens with two attached hydrogens (primary N) is 1. The summed E-state index contributed by atoms with van der Waals surface area (Å²) in [4.78, 5) is 6.54. The van der Waals surface area contributed by atoms with Crippen molar-refractivity contribution in [3.05, 3.63) is 18.3 Å². The first-order valence-electron chi connectivity index (χ1n) is 5.85. The molecule has 2 rings (SSSR count). The molecule has 1 aromatic heterocycles. The Balaban J connectivity index is 2.08. The number of hydrogen-bond acceptors (Lipinski definition) is 4. The largest absolute Gasteiger partial charge is 0.397 e. The van der Waals surface area contributed by atoms with Gasteiger partial charge < -0.3 is 15.7 Å². The maximum absolute atomic E-state index is 9.81. The lowest BCUT2D eigenvalue weighted by molar-refractivity contribution is 0.0858. The molecule has 1 aliphatic heterocycles. The summed E-state index contributed by atoms with van der Waals surface area (Å²) in [6.45, 7) is 3.87. The summed E-state index contributed by atoms with van der Waals surface area (Å²) in [6.07, 6.45) is 3.36. The van der Waals surface area contributed by atoms with Gasteiger partial charge in [-0.15, -0.1) is 0 Å². The molecule has 16 heavy (non-hydrogen) atoms. The van der Waals surface area contributed by atoms with Crippen LogP contribution < -0.4 is 10.6 Å². The molecule has 1 fully saturated rings. The van der Waals surface area contributed by atoms with Gasteiger partial charge in [0.1, 0.15) is 5.82 Å². The van der Waals surface area contributed by atoms with Crippen LogP contribution in [0.2, 0.25) is 0 Å². The van der Waals surface area contributed by atoms with Crippen molar-refractivity contribution in [3.63, 3.8) is 0 Å². The Bertz CT molecular complexity index is 339. The highest BCUT2D eigenvalue weighted by Gasteiger charge is 2.26. The molecule has 2 heterocycles. The van der Waals surface area contributed by atoms with Crippen molar-refractivity contribution in [1.82, 2.24) is 4.98 Å². The number of aromatic nitrogens is 1. The Morgan fingerprint density at radius 2 is 2.38 bits per heavy atom. The number of rotatable bonds is 2. The minimum Gasteiger partial charge on any atom is -0.397 e. The Kier molecular flexibility index (Phi) is 3.29. The summed E-state index contributed by atoms with van der Waals surface area (Å²) < 4.78 is 0. The molecule has 88 valence electrons. The number of nitrogens with zero attached hydrogens (tertiary/aromatic N) is 2. The lowest BCUT2D eigenvalue weighted by Crippen LogP contribution is -2.43. The van der Waals surface area contributed by atoms with Gasteiger partial charge in [0, 0.05) is 19.0 Å². The zero-order chi connectivity index (χ0) is 11.5. The normalized spacial score (nSPS) is 25.8. The minimum absolute atomic E-state index is 0.157. The Hall–Kier alpha value is -1.29. The average molecular weight is 221 g/mol. The Morgan fingerprint density at radius 1 is 1.56 bits per heavy atom. The molecule has 0 radical (unpaired) electrons. The number of hydrogen-bond donors (Lipinski definition) is 2. The van der Waals surface area contributed by atoms with Crippen molar-refractivity contribution >= 4 is 11.5 Å². The maximum Gasteiger partial charge on any atom is 0.128 e. The molecule has 0 aromatic carbocycles. The van der Waals surface area contributed by atoms with E-state index in [0.717, 1.165) is 31.7 Å². The van der Waals surface area contributed by atoms with Crippen LogP contribution in [0.25, 0.3) is 0 Å². The quantitative estimate of drug-likeness (QED) is 0.789. The van der Waals surface area contributed by atoms with Crippen molar-refractivity contribution in [3.8, 4) is 0 Å². The van der Waals surface area contributed by atoms with E-state index in [1.807, 2.05) is 12.1 Å². The molecule has 4 nitrogen and oxygen atoms in total. The van der Waals surface area contributed by atoms with Gasteiger partial charge >= 0.3 is 0 Å². The van der Waals surface area contributed by atoms with Gasteiger partial charge in [0.05, 0.1) is 18.0 Å². The summed E-state index contributed by atoms with van der Waals surface area (Å²) in [5.74, 6) is 1.31. The molecule has 1 aliphatic rings. The van der Waals surface area contributed by atoms with Crippen molar-refractivity contribution in [2.75, 3.05) is 23.7 Å².